The van der Waals surface area contributed by atoms with E-state index >= 15 is 0 Å². The van der Waals surface area contributed by atoms with Gasteiger partial charge in [-0.2, -0.15) is 0 Å². The first-order valence-corrected chi connectivity index (χ1v) is 9.08. The van der Waals surface area contributed by atoms with Crippen molar-refractivity contribution in [3.05, 3.63) is 71.3 Å². The molecule has 0 aromatic heterocycles. The van der Waals surface area contributed by atoms with Crippen molar-refractivity contribution < 1.29 is 4.74 Å². The Bertz CT molecular complexity index is 663. The molecule has 0 amide bonds. The van der Waals surface area contributed by atoms with Crippen LogP contribution < -0.4 is 10.6 Å². The number of benzene rings is 2. The molecule has 2 aromatic rings. The molecule has 0 aliphatic heterocycles. The monoisotopic (exact) mass is 337 g/mol. The summed E-state index contributed by atoms with van der Waals surface area (Å²) >= 11 is 0. The van der Waals surface area contributed by atoms with Crippen LogP contribution in [-0.4, -0.2) is 18.5 Å². The van der Waals surface area contributed by atoms with Gasteiger partial charge in [0.15, 0.2) is 5.96 Å². The Balaban J connectivity index is 1.46. The standard InChI is InChI=1S/C21H27N3O/c1-2-22-21(24-20-12-13-20)23-14-17-8-10-19(11-9-17)16-25-15-18-6-4-3-5-7-18/h3-11,20H,2,12-16H2,1H3,(H2,22,23,24). The smallest absolute Gasteiger partial charge is 0.191 e. The summed E-state index contributed by atoms with van der Waals surface area (Å²) in [6.07, 6.45) is 2.50. The maximum absolute atomic E-state index is 5.78. The maximum atomic E-state index is 5.78. The lowest BCUT2D eigenvalue weighted by atomic mass is 10.1. The fraction of sp³-hybridized carbons (Fsp3) is 0.381. The van der Waals surface area contributed by atoms with Gasteiger partial charge in [0, 0.05) is 12.6 Å². The molecule has 1 saturated carbocycles. The molecule has 4 nitrogen and oxygen atoms in total. The zero-order chi connectivity index (χ0) is 17.3. The van der Waals surface area contributed by atoms with E-state index in [9.17, 15) is 0 Å². The van der Waals surface area contributed by atoms with Gasteiger partial charge in [-0.15, -0.1) is 0 Å². The molecular weight excluding hydrogens is 310 g/mol. The van der Waals surface area contributed by atoms with Crippen LogP contribution in [0.2, 0.25) is 0 Å². The first kappa shape index (κ1) is 17.5. The van der Waals surface area contributed by atoms with Gasteiger partial charge >= 0.3 is 0 Å². The number of nitrogens with zero attached hydrogens (tertiary/aromatic N) is 1. The third-order valence-electron chi connectivity index (χ3n) is 4.09. The average molecular weight is 337 g/mol. The molecule has 132 valence electrons. The van der Waals surface area contributed by atoms with Crippen molar-refractivity contribution in [2.75, 3.05) is 6.54 Å². The minimum atomic E-state index is 0.613. The minimum absolute atomic E-state index is 0.613. The largest absolute Gasteiger partial charge is 0.372 e. The van der Waals surface area contributed by atoms with Crippen LogP contribution in [0.25, 0.3) is 0 Å². The third kappa shape index (κ3) is 6.24. The lowest BCUT2D eigenvalue weighted by Gasteiger charge is -2.10. The molecule has 0 spiro atoms. The Morgan fingerprint density at radius 2 is 1.60 bits per heavy atom. The SMILES string of the molecule is CCNC(=NCc1ccc(COCc2ccccc2)cc1)NC1CC1. The zero-order valence-corrected chi connectivity index (χ0v) is 14.9. The fourth-order valence-electron chi connectivity index (χ4n) is 2.51. The van der Waals surface area contributed by atoms with Crippen LogP contribution >= 0.6 is 0 Å². The summed E-state index contributed by atoms with van der Waals surface area (Å²) in [5.74, 6) is 0.917. The fourth-order valence-corrected chi connectivity index (χ4v) is 2.51. The summed E-state index contributed by atoms with van der Waals surface area (Å²) in [6, 6.07) is 19.4. The molecule has 0 heterocycles. The molecule has 0 radical (unpaired) electrons. The number of rotatable bonds is 8. The van der Waals surface area contributed by atoms with Crippen molar-refractivity contribution in [2.24, 2.45) is 4.99 Å². The molecule has 25 heavy (non-hydrogen) atoms. The topological polar surface area (TPSA) is 45.7 Å². The Labute approximate surface area is 150 Å². The van der Waals surface area contributed by atoms with Crippen molar-refractivity contribution in [2.45, 2.75) is 45.6 Å². The Morgan fingerprint density at radius 3 is 2.24 bits per heavy atom. The predicted octanol–water partition coefficient (Wildman–Crippen LogP) is 3.62. The van der Waals surface area contributed by atoms with Crippen molar-refractivity contribution in [1.82, 2.24) is 10.6 Å². The van der Waals surface area contributed by atoms with Gasteiger partial charge in [0.05, 0.1) is 19.8 Å². The van der Waals surface area contributed by atoms with Crippen molar-refractivity contribution in [1.29, 1.82) is 0 Å². The van der Waals surface area contributed by atoms with Crippen molar-refractivity contribution in [3.8, 4) is 0 Å². The van der Waals surface area contributed by atoms with E-state index in [4.69, 9.17) is 4.74 Å². The summed E-state index contributed by atoms with van der Waals surface area (Å²) in [7, 11) is 0. The van der Waals surface area contributed by atoms with E-state index in [1.54, 1.807) is 0 Å². The molecule has 3 rings (SSSR count). The number of nitrogens with one attached hydrogen (secondary N) is 2. The molecule has 1 aliphatic rings. The van der Waals surface area contributed by atoms with E-state index in [0.717, 1.165) is 12.5 Å². The quantitative estimate of drug-likeness (QED) is 0.571. The average Bonchev–Trinajstić information content (AvgIpc) is 3.46. The second-order valence-corrected chi connectivity index (χ2v) is 6.41. The first-order chi connectivity index (χ1) is 12.3. The molecule has 0 atom stereocenters. The van der Waals surface area contributed by atoms with Crippen molar-refractivity contribution in [3.63, 3.8) is 0 Å². The normalized spacial score (nSPS) is 14.4. The second kappa shape index (κ2) is 9.23. The molecule has 1 fully saturated rings. The number of ether oxygens (including phenoxy) is 1. The number of hydrogen-bond donors (Lipinski definition) is 2. The number of aliphatic imine (C=N–C) groups is 1. The zero-order valence-electron chi connectivity index (χ0n) is 14.9. The van der Waals surface area contributed by atoms with Crippen LogP contribution in [0.5, 0.6) is 0 Å². The first-order valence-electron chi connectivity index (χ1n) is 9.08. The van der Waals surface area contributed by atoms with Crippen LogP contribution in [0, 0.1) is 0 Å². The highest BCUT2D eigenvalue weighted by Gasteiger charge is 2.21. The highest BCUT2D eigenvalue weighted by molar-refractivity contribution is 5.80. The molecular formula is C21H27N3O. The Morgan fingerprint density at radius 1 is 0.960 bits per heavy atom. The number of guanidine groups is 1. The molecule has 4 heteroatoms. The van der Waals surface area contributed by atoms with E-state index in [2.05, 4.69) is 58.9 Å². The highest BCUT2D eigenvalue weighted by atomic mass is 16.5. The Hall–Kier alpha value is -2.33. The van der Waals surface area contributed by atoms with E-state index in [0.29, 0.717) is 25.8 Å². The van der Waals surface area contributed by atoms with Gasteiger partial charge in [0.1, 0.15) is 0 Å². The lowest BCUT2D eigenvalue weighted by molar-refractivity contribution is 0.107. The van der Waals surface area contributed by atoms with E-state index in [1.165, 1.54) is 29.5 Å². The van der Waals surface area contributed by atoms with Crippen LogP contribution in [0.1, 0.15) is 36.5 Å². The van der Waals surface area contributed by atoms with Gasteiger partial charge < -0.3 is 15.4 Å². The molecule has 0 bridgehead atoms. The van der Waals surface area contributed by atoms with Gasteiger partial charge in [-0.1, -0.05) is 54.6 Å². The van der Waals surface area contributed by atoms with Crippen molar-refractivity contribution >= 4 is 5.96 Å². The van der Waals surface area contributed by atoms with Crippen LogP contribution in [-0.2, 0) is 24.5 Å². The molecule has 2 N–H and O–H groups in total. The van der Waals surface area contributed by atoms with Gasteiger partial charge in [-0.05, 0) is 36.5 Å². The van der Waals surface area contributed by atoms with E-state index in [1.807, 2.05) is 18.2 Å². The van der Waals surface area contributed by atoms with Gasteiger partial charge in [0.25, 0.3) is 0 Å². The summed E-state index contributed by atoms with van der Waals surface area (Å²) < 4.78 is 5.78. The lowest BCUT2D eigenvalue weighted by Crippen LogP contribution is -2.38. The summed E-state index contributed by atoms with van der Waals surface area (Å²) in [4.78, 5) is 4.66. The molecule has 2 aromatic carbocycles. The van der Waals surface area contributed by atoms with Crippen LogP contribution in [0.4, 0.5) is 0 Å². The third-order valence-corrected chi connectivity index (χ3v) is 4.09. The van der Waals surface area contributed by atoms with Gasteiger partial charge in [0.2, 0.25) is 0 Å². The molecule has 1 aliphatic carbocycles. The van der Waals surface area contributed by atoms with E-state index in [-0.39, 0.29) is 0 Å². The minimum Gasteiger partial charge on any atom is -0.372 e. The molecule has 0 saturated heterocycles. The predicted molar refractivity (Wildman–Crippen MR) is 102 cm³/mol. The molecule has 0 unspecified atom stereocenters. The maximum Gasteiger partial charge on any atom is 0.191 e. The second-order valence-electron chi connectivity index (χ2n) is 6.41. The van der Waals surface area contributed by atoms with Crippen LogP contribution in [0.15, 0.2) is 59.6 Å². The summed E-state index contributed by atoms with van der Waals surface area (Å²) in [6.45, 7) is 4.94. The van der Waals surface area contributed by atoms with Gasteiger partial charge in [-0.25, -0.2) is 4.99 Å². The Kier molecular flexibility index (Phi) is 6.46. The van der Waals surface area contributed by atoms with E-state index < -0.39 is 0 Å². The van der Waals surface area contributed by atoms with Crippen LogP contribution in [0.3, 0.4) is 0 Å². The number of hydrogen-bond acceptors (Lipinski definition) is 2. The van der Waals surface area contributed by atoms with Gasteiger partial charge in [-0.3, -0.25) is 0 Å². The summed E-state index contributed by atoms with van der Waals surface area (Å²) in [5.41, 5.74) is 3.60. The highest BCUT2D eigenvalue weighted by Crippen LogP contribution is 2.18. The summed E-state index contributed by atoms with van der Waals surface area (Å²) in [5, 5.41) is 6.73.